The average Bonchev–Trinajstić information content (AvgIpc) is 2.03. The lowest BCUT2D eigenvalue weighted by Crippen LogP contribution is -2.17. The number of rotatable bonds is 3. The summed E-state index contributed by atoms with van der Waals surface area (Å²) in [5, 5.41) is 8.71. The summed E-state index contributed by atoms with van der Waals surface area (Å²) in [6.07, 6.45) is 0.709. The van der Waals surface area contributed by atoms with Gasteiger partial charge in [-0.2, -0.15) is 0 Å². The van der Waals surface area contributed by atoms with Crippen LogP contribution in [0.1, 0.15) is 22.8 Å². The lowest BCUT2D eigenvalue weighted by Gasteiger charge is -2.05. The molecule has 3 heteroatoms. The van der Waals surface area contributed by atoms with Crippen LogP contribution in [-0.4, -0.2) is 17.1 Å². The van der Waals surface area contributed by atoms with Gasteiger partial charge in [-0.25, -0.2) is 4.79 Å². The molecule has 70 valence electrons. The molecule has 0 aliphatic rings. The molecule has 0 bridgehead atoms. The van der Waals surface area contributed by atoms with Crippen LogP contribution in [-0.2, 0) is 6.42 Å². The molecular weight excluding hydrogens is 166 g/mol. The Balaban J connectivity index is 2.85. The van der Waals surface area contributed by atoms with Gasteiger partial charge < -0.3 is 10.8 Å². The van der Waals surface area contributed by atoms with Crippen molar-refractivity contribution in [2.24, 2.45) is 5.73 Å². The molecule has 1 aromatic rings. The largest absolute Gasteiger partial charge is 0.478 e. The molecule has 0 aliphatic heterocycles. The van der Waals surface area contributed by atoms with E-state index in [4.69, 9.17) is 10.8 Å². The standard InChI is InChI=1S/C10H13NO2/c1-7(11)5-8-3-2-4-9(6-8)10(12)13/h2-4,6-7H,5,11H2,1H3,(H,12,13)/t7-/m0/s1. The number of hydrogen-bond donors (Lipinski definition) is 2. The zero-order valence-corrected chi connectivity index (χ0v) is 7.53. The number of carboxylic acid groups (broad SMARTS) is 1. The monoisotopic (exact) mass is 179 g/mol. The number of carbonyl (C=O) groups is 1. The van der Waals surface area contributed by atoms with Crippen molar-refractivity contribution in [2.75, 3.05) is 0 Å². The quantitative estimate of drug-likeness (QED) is 0.734. The van der Waals surface area contributed by atoms with Crippen molar-refractivity contribution in [3.8, 4) is 0 Å². The van der Waals surface area contributed by atoms with Gasteiger partial charge in [0.15, 0.2) is 0 Å². The Bertz CT molecular complexity index is 308. The van der Waals surface area contributed by atoms with Crippen molar-refractivity contribution in [3.63, 3.8) is 0 Å². The second-order valence-electron chi connectivity index (χ2n) is 3.19. The maximum absolute atomic E-state index is 10.6. The summed E-state index contributed by atoms with van der Waals surface area (Å²) < 4.78 is 0. The van der Waals surface area contributed by atoms with E-state index in [0.717, 1.165) is 5.56 Å². The Labute approximate surface area is 77.2 Å². The van der Waals surface area contributed by atoms with Gasteiger partial charge in [-0.1, -0.05) is 12.1 Å². The Hall–Kier alpha value is -1.35. The van der Waals surface area contributed by atoms with E-state index in [0.29, 0.717) is 12.0 Å². The molecule has 0 heterocycles. The Morgan fingerprint density at radius 3 is 2.85 bits per heavy atom. The molecule has 3 nitrogen and oxygen atoms in total. The first kappa shape index (κ1) is 9.74. The molecule has 0 aliphatic carbocycles. The highest BCUT2D eigenvalue weighted by molar-refractivity contribution is 5.87. The van der Waals surface area contributed by atoms with Crippen LogP contribution in [0, 0.1) is 0 Å². The summed E-state index contributed by atoms with van der Waals surface area (Å²) in [5.74, 6) is -0.897. The fourth-order valence-corrected chi connectivity index (χ4v) is 1.20. The Kier molecular flexibility index (Phi) is 3.03. The van der Waals surface area contributed by atoms with Crippen LogP contribution in [0.5, 0.6) is 0 Å². The van der Waals surface area contributed by atoms with Gasteiger partial charge in [-0.3, -0.25) is 0 Å². The highest BCUT2D eigenvalue weighted by atomic mass is 16.4. The van der Waals surface area contributed by atoms with E-state index in [1.807, 2.05) is 13.0 Å². The molecule has 1 aromatic carbocycles. The normalized spacial score (nSPS) is 12.5. The van der Waals surface area contributed by atoms with Crippen molar-refractivity contribution in [1.82, 2.24) is 0 Å². The van der Waals surface area contributed by atoms with E-state index in [-0.39, 0.29) is 6.04 Å². The van der Waals surface area contributed by atoms with Crippen LogP contribution in [0.25, 0.3) is 0 Å². The minimum atomic E-state index is -0.897. The maximum Gasteiger partial charge on any atom is 0.335 e. The van der Waals surface area contributed by atoms with Crippen LogP contribution in [0.3, 0.4) is 0 Å². The molecule has 0 saturated heterocycles. The molecule has 0 amide bonds. The fourth-order valence-electron chi connectivity index (χ4n) is 1.20. The van der Waals surface area contributed by atoms with Crippen molar-refractivity contribution >= 4 is 5.97 Å². The topological polar surface area (TPSA) is 63.3 Å². The summed E-state index contributed by atoms with van der Waals surface area (Å²) in [4.78, 5) is 10.6. The lowest BCUT2D eigenvalue weighted by molar-refractivity contribution is 0.0696. The third-order valence-electron chi connectivity index (χ3n) is 1.73. The first-order valence-electron chi connectivity index (χ1n) is 4.17. The summed E-state index contributed by atoms with van der Waals surface area (Å²) in [5.41, 5.74) is 6.89. The number of aromatic carboxylic acids is 1. The van der Waals surface area contributed by atoms with Crippen molar-refractivity contribution in [1.29, 1.82) is 0 Å². The van der Waals surface area contributed by atoms with Gasteiger partial charge in [0.1, 0.15) is 0 Å². The molecule has 0 aromatic heterocycles. The average molecular weight is 179 g/mol. The summed E-state index contributed by atoms with van der Waals surface area (Å²) >= 11 is 0. The molecule has 1 rings (SSSR count). The Morgan fingerprint density at radius 1 is 1.62 bits per heavy atom. The third-order valence-corrected chi connectivity index (χ3v) is 1.73. The van der Waals surface area contributed by atoms with Crippen LogP contribution in [0.2, 0.25) is 0 Å². The van der Waals surface area contributed by atoms with Crippen LogP contribution >= 0.6 is 0 Å². The van der Waals surface area contributed by atoms with Crippen molar-refractivity contribution in [3.05, 3.63) is 35.4 Å². The zero-order valence-electron chi connectivity index (χ0n) is 7.53. The number of carboxylic acids is 1. The van der Waals surface area contributed by atoms with E-state index in [1.54, 1.807) is 18.2 Å². The highest BCUT2D eigenvalue weighted by Crippen LogP contribution is 2.06. The maximum atomic E-state index is 10.6. The second-order valence-corrected chi connectivity index (χ2v) is 3.19. The third kappa shape index (κ3) is 2.87. The molecule has 13 heavy (non-hydrogen) atoms. The summed E-state index contributed by atoms with van der Waals surface area (Å²) in [6.45, 7) is 1.90. The predicted molar refractivity (Wildman–Crippen MR) is 50.8 cm³/mol. The van der Waals surface area contributed by atoms with E-state index in [9.17, 15) is 4.79 Å². The van der Waals surface area contributed by atoms with Crippen LogP contribution < -0.4 is 5.73 Å². The van der Waals surface area contributed by atoms with Gasteiger partial charge in [0, 0.05) is 6.04 Å². The fraction of sp³-hybridized carbons (Fsp3) is 0.300. The summed E-state index contributed by atoms with van der Waals surface area (Å²) in [7, 11) is 0. The van der Waals surface area contributed by atoms with E-state index >= 15 is 0 Å². The number of hydrogen-bond acceptors (Lipinski definition) is 2. The highest BCUT2D eigenvalue weighted by Gasteiger charge is 2.03. The van der Waals surface area contributed by atoms with E-state index in [1.165, 1.54) is 0 Å². The van der Waals surface area contributed by atoms with Gasteiger partial charge >= 0.3 is 5.97 Å². The van der Waals surface area contributed by atoms with Crippen molar-refractivity contribution < 1.29 is 9.90 Å². The first-order valence-corrected chi connectivity index (χ1v) is 4.17. The van der Waals surface area contributed by atoms with Gasteiger partial charge in [0.25, 0.3) is 0 Å². The molecule has 0 radical (unpaired) electrons. The van der Waals surface area contributed by atoms with Gasteiger partial charge in [-0.05, 0) is 31.0 Å². The van der Waals surface area contributed by atoms with Gasteiger partial charge in [-0.15, -0.1) is 0 Å². The van der Waals surface area contributed by atoms with Gasteiger partial charge in [0.2, 0.25) is 0 Å². The van der Waals surface area contributed by atoms with Crippen LogP contribution in [0.15, 0.2) is 24.3 Å². The lowest BCUT2D eigenvalue weighted by atomic mass is 10.1. The number of benzene rings is 1. The molecule has 3 N–H and O–H groups in total. The van der Waals surface area contributed by atoms with Crippen LogP contribution in [0.4, 0.5) is 0 Å². The summed E-state index contributed by atoms with van der Waals surface area (Å²) in [6, 6.07) is 6.92. The van der Waals surface area contributed by atoms with Gasteiger partial charge in [0.05, 0.1) is 5.56 Å². The molecule has 0 spiro atoms. The zero-order chi connectivity index (χ0) is 9.84. The SMILES string of the molecule is C[C@H](N)Cc1cccc(C(=O)O)c1. The molecule has 0 saturated carbocycles. The van der Waals surface area contributed by atoms with E-state index < -0.39 is 5.97 Å². The second kappa shape index (κ2) is 4.05. The molecule has 0 fully saturated rings. The molecular formula is C10H13NO2. The number of nitrogens with two attached hydrogens (primary N) is 1. The molecule has 0 unspecified atom stereocenters. The Morgan fingerprint density at radius 2 is 2.31 bits per heavy atom. The minimum absolute atomic E-state index is 0.0593. The minimum Gasteiger partial charge on any atom is -0.478 e. The van der Waals surface area contributed by atoms with E-state index in [2.05, 4.69) is 0 Å². The predicted octanol–water partition coefficient (Wildman–Crippen LogP) is 1.27. The molecule has 1 atom stereocenters. The van der Waals surface area contributed by atoms with Crippen molar-refractivity contribution in [2.45, 2.75) is 19.4 Å². The smallest absolute Gasteiger partial charge is 0.335 e. The first-order chi connectivity index (χ1) is 6.09.